The zero-order valence-electron chi connectivity index (χ0n) is 28.0. The molecule has 0 aromatic rings. The number of nitrogens with zero attached hydrogens (tertiary/aromatic N) is 4. The number of carboxylic acids is 3. The first-order chi connectivity index (χ1) is 17.0. The van der Waals surface area contributed by atoms with Gasteiger partial charge < -0.3 is 34.9 Å². The summed E-state index contributed by atoms with van der Waals surface area (Å²) in [5, 5.41) is 24.4. The lowest BCUT2D eigenvalue weighted by molar-refractivity contribution is -0.133. The van der Waals surface area contributed by atoms with E-state index in [0.29, 0.717) is 17.6 Å². The molecule has 39 heavy (non-hydrogen) atoms. The highest BCUT2D eigenvalue weighted by atomic mass is 35.5. The standard InChI is InChI=1S/C6H10O2.2C5H8O2.4C3H9N.ClH/c1-3-4-5(2)6(7)8;2*1-3-4(2)5(6)7;4*1-4(2)3;/h4H,3H2,1-2H3,(H,7,8);3H,1-2H3,(H,6,7);2-3H2,1H3,(H,6,7);4*1-3H3;1H. The van der Waals surface area contributed by atoms with Gasteiger partial charge in [-0.2, -0.15) is 0 Å². The van der Waals surface area contributed by atoms with E-state index in [2.05, 4.69) is 6.58 Å². The van der Waals surface area contributed by atoms with Crippen molar-refractivity contribution in [2.45, 2.75) is 47.5 Å². The Morgan fingerprint density at radius 3 is 0.872 bits per heavy atom. The van der Waals surface area contributed by atoms with E-state index in [1.807, 2.05) is 111 Å². The summed E-state index contributed by atoms with van der Waals surface area (Å²) < 4.78 is 0. The Morgan fingerprint density at radius 1 is 0.615 bits per heavy atom. The van der Waals surface area contributed by atoms with Crippen LogP contribution in [0.15, 0.2) is 35.5 Å². The average molecular weight is 587 g/mol. The summed E-state index contributed by atoms with van der Waals surface area (Å²) in [5.74, 6) is -2.57. The van der Waals surface area contributed by atoms with Gasteiger partial charge in [0.2, 0.25) is 0 Å². The Morgan fingerprint density at radius 2 is 0.846 bits per heavy atom. The maximum absolute atomic E-state index is 10.0. The van der Waals surface area contributed by atoms with E-state index in [1.54, 1.807) is 39.8 Å². The normalized spacial score (nSPS) is 9.56. The molecule has 0 aromatic carbocycles. The third kappa shape index (κ3) is 145. The van der Waals surface area contributed by atoms with E-state index < -0.39 is 17.9 Å². The predicted molar refractivity (Wildman–Crippen MR) is 172 cm³/mol. The van der Waals surface area contributed by atoms with Gasteiger partial charge in [0.25, 0.3) is 0 Å². The molecule has 0 aliphatic heterocycles. The van der Waals surface area contributed by atoms with Gasteiger partial charge >= 0.3 is 17.9 Å². The molecule has 0 fully saturated rings. The first-order valence-electron chi connectivity index (χ1n) is 12.1. The number of hydrogen-bond donors (Lipinski definition) is 3. The summed E-state index contributed by atoms with van der Waals surface area (Å²) in [5.41, 5.74) is 1.08. The number of carbonyl (C=O) groups is 3. The minimum atomic E-state index is -0.900. The summed E-state index contributed by atoms with van der Waals surface area (Å²) >= 11 is 0. The van der Waals surface area contributed by atoms with Crippen LogP contribution in [0.3, 0.4) is 0 Å². The first kappa shape index (κ1) is 56.8. The van der Waals surface area contributed by atoms with Gasteiger partial charge in [-0.3, -0.25) is 0 Å². The predicted octanol–water partition coefficient (Wildman–Crippen LogP) is 4.63. The zero-order valence-corrected chi connectivity index (χ0v) is 28.9. The smallest absolute Gasteiger partial charge is 0.330 e. The monoisotopic (exact) mass is 586 g/mol. The van der Waals surface area contributed by atoms with Crippen molar-refractivity contribution in [1.29, 1.82) is 0 Å². The number of hydrogen-bond acceptors (Lipinski definition) is 7. The number of allylic oxidation sites excluding steroid dienone is 2. The van der Waals surface area contributed by atoms with Crippen LogP contribution in [-0.4, -0.2) is 137 Å². The minimum absolute atomic E-state index is 0. The summed E-state index contributed by atoms with van der Waals surface area (Å²) in [7, 11) is 24.0. The van der Waals surface area contributed by atoms with Crippen molar-refractivity contribution in [3.63, 3.8) is 0 Å². The Labute approximate surface area is 247 Å². The molecule has 11 heteroatoms. The van der Waals surface area contributed by atoms with Gasteiger partial charge in [0.1, 0.15) is 0 Å². The van der Waals surface area contributed by atoms with Crippen molar-refractivity contribution in [3.05, 3.63) is 35.5 Å². The molecule has 0 heterocycles. The fraction of sp³-hybridized carbons (Fsp3) is 0.679. The van der Waals surface area contributed by atoms with Gasteiger partial charge in [0, 0.05) is 16.7 Å². The maximum Gasteiger partial charge on any atom is 0.330 e. The molecule has 0 amide bonds. The minimum Gasteiger partial charge on any atom is -0.478 e. The van der Waals surface area contributed by atoms with E-state index >= 15 is 0 Å². The van der Waals surface area contributed by atoms with Gasteiger partial charge in [0.05, 0.1) is 0 Å². The summed E-state index contributed by atoms with van der Waals surface area (Å²) in [6.45, 7) is 11.8. The number of aliphatic carboxylic acids is 3. The van der Waals surface area contributed by atoms with Crippen molar-refractivity contribution < 1.29 is 29.7 Å². The second kappa shape index (κ2) is 42.8. The van der Waals surface area contributed by atoms with Crippen molar-refractivity contribution >= 4 is 30.3 Å². The second-order valence-corrected chi connectivity index (χ2v) is 9.51. The Balaban J connectivity index is -0.0000000488. The Bertz CT molecular complexity index is 599. The van der Waals surface area contributed by atoms with Gasteiger partial charge in [-0.05, 0) is 118 Å². The molecule has 0 bridgehead atoms. The van der Waals surface area contributed by atoms with Crippen LogP contribution in [0.4, 0.5) is 0 Å². The molecule has 0 aliphatic carbocycles. The highest BCUT2D eigenvalue weighted by Crippen LogP contribution is 1.93. The number of carboxylic acid groups (broad SMARTS) is 3. The van der Waals surface area contributed by atoms with E-state index in [4.69, 9.17) is 15.3 Å². The maximum atomic E-state index is 10.0. The number of halogens is 1. The van der Waals surface area contributed by atoms with Crippen LogP contribution >= 0.6 is 12.4 Å². The molecule has 0 spiro atoms. The molecule has 0 aromatic heterocycles. The van der Waals surface area contributed by atoms with Crippen LogP contribution in [-0.2, 0) is 14.4 Å². The topological polar surface area (TPSA) is 125 Å². The van der Waals surface area contributed by atoms with Crippen molar-refractivity contribution in [1.82, 2.24) is 19.6 Å². The fourth-order valence-corrected chi connectivity index (χ4v) is 0.668. The molecular formula is C28H63ClN4O6. The van der Waals surface area contributed by atoms with Gasteiger partial charge in [-0.15, -0.1) is 12.4 Å². The van der Waals surface area contributed by atoms with Gasteiger partial charge in [-0.1, -0.05) is 32.6 Å². The zero-order chi connectivity index (χ0) is 32.6. The highest BCUT2D eigenvalue weighted by Gasteiger charge is 1.96. The lowest BCUT2D eigenvalue weighted by atomic mass is 10.2. The molecule has 0 rings (SSSR count). The van der Waals surface area contributed by atoms with Crippen LogP contribution in [0.5, 0.6) is 0 Å². The lowest BCUT2D eigenvalue weighted by Crippen LogP contribution is -1.99. The largest absolute Gasteiger partial charge is 0.478 e. The first-order valence-corrected chi connectivity index (χ1v) is 12.1. The van der Waals surface area contributed by atoms with E-state index in [9.17, 15) is 14.4 Å². The van der Waals surface area contributed by atoms with E-state index in [-0.39, 0.29) is 18.0 Å². The fourth-order valence-electron chi connectivity index (χ4n) is 0.668. The Hall–Kier alpha value is -2.24. The van der Waals surface area contributed by atoms with Gasteiger partial charge in [-0.25, -0.2) is 14.4 Å². The summed E-state index contributed by atoms with van der Waals surface area (Å²) in [6, 6.07) is 0. The quantitative estimate of drug-likeness (QED) is 0.392. The van der Waals surface area contributed by atoms with Crippen molar-refractivity contribution in [2.75, 3.05) is 84.6 Å². The van der Waals surface area contributed by atoms with Crippen LogP contribution in [0.1, 0.15) is 47.5 Å². The van der Waals surface area contributed by atoms with E-state index in [1.165, 1.54) is 0 Å². The second-order valence-electron chi connectivity index (χ2n) is 9.51. The third-order valence-electron chi connectivity index (χ3n) is 2.35. The van der Waals surface area contributed by atoms with Crippen LogP contribution in [0.25, 0.3) is 0 Å². The lowest BCUT2D eigenvalue weighted by Gasteiger charge is -1.90. The Kier molecular flexibility index (Phi) is 62.4. The SMILES string of the molecule is C=C(CC)C(=O)O.CC=C(C)C(=O)O.CCC=C(C)C(=O)O.CN(C)C.CN(C)C.CN(C)C.CN(C)C.Cl. The summed E-state index contributed by atoms with van der Waals surface area (Å²) in [4.78, 5) is 37.7. The third-order valence-corrected chi connectivity index (χ3v) is 2.35. The average Bonchev–Trinajstić information content (AvgIpc) is 2.71. The highest BCUT2D eigenvalue weighted by molar-refractivity contribution is 5.86. The van der Waals surface area contributed by atoms with E-state index in [0.717, 1.165) is 6.42 Å². The molecule has 0 atom stereocenters. The van der Waals surface area contributed by atoms with Crippen LogP contribution in [0.2, 0.25) is 0 Å². The van der Waals surface area contributed by atoms with Crippen molar-refractivity contribution in [2.24, 2.45) is 0 Å². The van der Waals surface area contributed by atoms with Crippen LogP contribution in [0, 0.1) is 0 Å². The molecule has 0 unspecified atom stereocenters. The van der Waals surface area contributed by atoms with Gasteiger partial charge in [0.15, 0.2) is 0 Å². The molecule has 238 valence electrons. The molecule has 10 nitrogen and oxygen atoms in total. The molecular weight excluding hydrogens is 524 g/mol. The molecule has 0 saturated heterocycles. The number of rotatable bonds is 5. The summed E-state index contributed by atoms with van der Waals surface area (Å²) in [6.07, 6.45) is 4.55. The molecule has 0 saturated carbocycles. The van der Waals surface area contributed by atoms with Crippen molar-refractivity contribution in [3.8, 4) is 0 Å². The molecule has 3 N–H and O–H groups in total. The molecule has 0 aliphatic rings. The molecule has 0 radical (unpaired) electrons. The van der Waals surface area contributed by atoms with Crippen LogP contribution < -0.4 is 0 Å².